The van der Waals surface area contributed by atoms with E-state index in [1.54, 1.807) is 42.6 Å². The molecule has 2 heterocycles. The molecular formula is C17H26N4O5. The fraction of sp³-hybridized carbons (Fsp3) is 0.235. The van der Waals surface area contributed by atoms with E-state index in [0.29, 0.717) is 18.3 Å². The molecule has 0 aliphatic rings. The SMILES string of the molecule is C.N#Cc1ccccn1.NC(=O)c1ccccn1.O.O.O=C=O.[2H]CCC. The molecule has 144 valence electrons. The van der Waals surface area contributed by atoms with E-state index in [1.807, 2.05) is 13.0 Å². The van der Waals surface area contributed by atoms with E-state index in [1.165, 1.54) is 6.20 Å². The highest BCUT2D eigenvalue weighted by molar-refractivity contribution is 5.90. The van der Waals surface area contributed by atoms with Crippen molar-refractivity contribution in [3.8, 4) is 6.07 Å². The number of carbonyl (C=O) groups is 1. The molecule has 0 fully saturated rings. The minimum Gasteiger partial charge on any atom is -0.412 e. The lowest BCUT2D eigenvalue weighted by Gasteiger charge is -1.88. The van der Waals surface area contributed by atoms with Crippen LogP contribution in [0.2, 0.25) is 0 Å². The van der Waals surface area contributed by atoms with Gasteiger partial charge in [-0.15, -0.1) is 0 Å². The van der Waals surface area contributed by atoms with Gasteiger partial charge in [0.15, 0.2) is 0 Å². The Kier molecular flexibility index (Phi) is 31.0. The summed E-state index contributed by atoms with van der Waals surface area (Å²) in [5, 5.41) is 8.23. The van der Waals surface area contributed by atoms with E-state index in [0.717, 1.165) is 6.42 Å². The van der Waals surface area contributed by atoms with Gasteiger partial charge in [0.1, 0.15) is 17.5 Å². The lowest BCUT2D eigenvalue weighted by molar-refractivity contribution is -0.191. The second-order valence-electron chi connectivity index (χ2n) is 3.49. The van der Waals surface area contributed by atoms with Crippen LogP contribution in [0.25, 0.3) is 0 Å². The van der Waals surface area contributed by atoms with E-state index in [-0.39, 0.29) is 24.5 Å². The maximum Gasteiger partial charge on any atom is 0.373 e. The molecule has 9 heteroatoms. The summed E-state index contributed by atoms with van der Waals surface area (Å²) in [7, 11) is 0. The van der Waals surface area contributed by atoms with E-state index in [9.17, 15) is 4.79 Å². The van der Waals surface area contributed by atoms with Crippen LogP contribution in [0, 0.1) is 11.3 Å². The highest BCUT2D eigenvalue weighted by atomic mass is 16.2. The van der Waals surface area contributed by atoms with Gasteiger partial charge in [-0.2, -0.15) is 14.9 Å². The molecule has 6 N–H and O–H groups in total. The summed E-state index contributed by atoms with van der Waals surface area (Å²) in [6.45, 7) is 2.56. The molecule has 0 atom stereocenters. The molecule has 0 aliphatic heterocycles. The van der Waals surface area contributed by atoms with Gasteiger partial charge in [0, 0.05) is 13.8 Å². The Balaban J connectivity index is -0.0000000832. The zero-order valence-electron chi connectivity index (χ0n) is 14.7. The molecule has 0 saturated heterocycles. The number of hydrogen-bond acceptors (Lipinski definition) is 6. The first kappa shape index (κ1) is 30.4. The fourth-order valence-electron chi connectivity index (χ4n) is 0.937. The van der Waals surface area contributed by atoms with Crippen molar-refractivity contribution in [2.24, 2.45) is 5.73 Å². The molecule has 0 aliphatic carbocycles. The smallest absolute Gasteiger partial charge is 0.373 e. The third-order valence-corrected chi connectivity index (χ3v) is 1.70. The van der Waals surface area contributed by atoms with Gasteiger partial charge in [-0.1, -0.05) is 39.8 Å². The van der Waals surface area contributed by atoms with E-state index in [4.69, 9.17) is 22.0 Å². The minimum absolute atomic E-state index is 0. The van der Waals surface area contributed by atoms with Crippen LogP contribution in [0.1, 0.15) is 45.2 Å². The van der Waals surface area contributed by atoms with Gasteiger partial charge >= 0.3 is 6.15 Å². The Hall–Kier alpha value is -3.44. The number of carbonyl (C=O) groups excluding carboxylic acids is 3. The molecule has 26 heavy (non-hydrogen) atoms. The van der Waals surface area contributed by atoms with Gasteiger partial charge in [-0.25, -0.2) is 4.98 Å². The van der Waals surface area contributed by atoms with Gasteiger partial charge in [-0.3, -0.25) is 9.78 Å². The molecular weight excluding hydrogens is 340 g/mol. The number of nitrogens with two attached hydrogens (primary N) is 1. The first-order valence-corrected chi connectivity index (χ1v) is 6.37. The molecule has 0 aromatic carbocycles. The number of pyridine rings is 2. The van der Waals surface area contributed by atoms with E-state index >= 15 is 0 Å². The largest absolute Gasteiger partial charge is 0.412 e. The van der Waals surface area contributed by atoms with Crippen molar-refractivity contribution in [2.45, 2.75) is 27.7 Å². The quantitative estimate of drug-likeness (QED) is 0.779. The van der Waals surface area contributed by atoms with E-state index in [2.05, 4.69) is 9.97 Å². The molecule has 0 bridgehead atoms. The monoisotopic (exact) mass is 367 g/mol. The summed E-state index contributed by atoms with van der Waals surface area (Å²) in [5.74, 6) is -0.490. The summed E-state index contributed by atoms with van der Waals surface area (Å²) < 4.78 is 6.45. The van der Waals surface area contributed by atoms with Crippen molar-refractivity contribution in [2.75, 3.05) is 0 Å². The van der Waals surface area contributed by atoms with Crippen LogP contribution in [0.3, 0.4) is 0 Å². The van der Waals surface area contributed by atoms with Crippen LogP contribution in [-0.4, -0.2) is 33.0 Å². The van der Waals surface area contributed by atoms with Crippen LogP contribution < -0.4 is 5.73 Å². The molecule has 2 rings (SSSR count). The number of rotatable bonds is 1. The second-order valence-corrected chi connectivity index (χ2v) is 3.49. The normalized spacial score (nSPS) is 7.00. The molecule has 0 saturated carbocycles. The first-order valence-electron chi connectivity index (χ1n) is 7.08. The van der Waals surface area contributed by atoms with Crippen LogP contribution >= 0.6 is 0 Å². The zero-order chi connectivity index (χ0) is 18.6. The maximum atomic E-state index is 10.4. The Morgan fingerprint density at radius 1 is 1.15 bits per heavy atom. The summed E-state index contributed by atoms with van der Waals surface area (Å²) >= 11 is 0. The first-order chi connectivity index (χ1) is 11.6. The van der Waals surface area contributed by atoms with Crippen molar-refractivity contribution in [1.29, 1.82) is 5.26 Å². The highest BCUT2D eigenvalue weighted by Gasteiger charge is 1.95. The minimum atomic E-state index is -0.490. The maximum absolute atomic E-state index is 10.4. The van der Waals surface area contributed by atoms with Crippen molar-refractivity contribution in [3.63, 3.8) is 0 Å². The fourth-order valence-corrected chi connectivity index (χ4v) is 0.937. The van der Waals surface area contributed by atoms with E-state index < -0.39 is 5.91 Å². The molecule has 0 radical (unpaired) electrons. The Morgan fingerprint density at radius 3 is 1.81 bits per heavy atom. The lowest BCUT2D eigenvalue weighted by atomic mass is 10.3. The number of nitrogens with zero attached hydrogens (tertiary/aromatic N) is 3. The lowest BCUT2D eigenvalue weighted by Crippen LogP contribution is -2.12. The zero-order valence-corrected chi connectivity index (χ0v) is 13.7. The molecule has 2 aromatic heterocycles. The van der Waals surface area contributed by atoms with Gasteiger partial charge in [0.25, 0.3) is 5.91 Å². The number of amides is 1. The summed E-state index contributed by atoms with van der Waals surface area (Å²) in [6.07, 6.45) is 4.36. The third-order valence-electron chi connectivity index (χ3n) is 1.70. The van der Waals surface area contributed by atoms with Crippen LogP contribution in [0.5, 0.6) is 0 Å². The molecule has 2 aromatic rings. The Labute approximate surface area is 154 Å². The molecule has 1 amide bonds. The summed E-state index contributed by atoms with van der Waals surface area (Å²) in [5.41, 5.74) is 5.68. The van der Waals surface area contributed by atoms with Crippen molar-refractivity contribution in [1.82, 2.24) is 9.97 Å². The Bertz CT molecular complexity index is 629. The van der Waals surface area contributed by atoms with Crippen LogP contribution in [-0.2, 0) is 9.59 Å². The van der Waals surface area contributed by atoms with Crippen molar-refractivity contribution >= 4 is 12.1 Å². The number of aromatic nitrogens is 2. The number of primary amides is 1. The number of nitriles is 1. The average Bonchev–Trinajstić information content (AvgIpc) is 2.64. The molecule has 0 spiro atoms. The predicted octanol–water partition coefficient (Wildman–Crippen LogP) is 0.953. The molecule has 9 nitrogen and oxygen atoms in total. The van der Waals surface area contributed by atoms with Crippen LogP contribution in [0.15, 0.2) is 48.8 Å². The number of hydrogen-bond donors (Lipinski definition) is 1. The summed E-state index contributed by atoms with van der Waals surface area (Å²) in [4.78, 5) is 34.1. The third kappa shape index (κ3) is 22.8. The predicted molar refractivity (Wildman–Crippen MR) is 96.6 cm³/mol. The molecule has 0 unspecified atom stereocenters. The van der Waals surface area contributed by atoms with Gasteiger partial charge < -0.3 is 16.7 Å². The van der Waals surface area contributed by atoms with Gasteiger partial charge in [-0.05, 0) is 24.3 Å². The standard InChI is InChI=1S/C6H6N2O.C6H4N2.C3H8.CO2.CH4.2H2O/c7-6(9)5-3-1-2-4-8-5;7-5-6-3-1-2-4-8-6;1-3-2;2-1-3;;;/h1-4H,(H2,7,9);1-4H;3H2,1-2H3;;1H4;2*1H2/i;;1D;;;;. The van der Waals surface area contributed by atoms with Crippen LogP contribution in [0.4, 0.5) is 0 Å². The topological polar surface area (TPSA) is 190 Å². The van der Waals surface area contributed by atoms with Crippen molar-refractivity contribution < 1.29 is 26.7 Å². The van der Waals surface area contributed by atoms with Gasteiger partial charge in [0.05, 0.1) is 0 Å². The second kappa shape index (κ2) is 26.5. The van der Waals surface area contributed by atoms with Gasteiger partial charge in [0.2, 0.25) is 0 Å². The Morgan fingerprint density at radius 2 is 1.62 bits per heavy atom. The average molecular weight is 367 g/mol. The summed E-state index contributed by atoms with van der Waals surface area (Å²) in [6, 6.07) is 12.2. The van der Waals surface area contributed by atoms with Crippen molar-refractivity contribution in [3.05, 3.63) is 60.2 Å². The highest BCUT2D eigenvalue weighted by Crippen LogP contribution is 1.89.